The van der Waals surface area contributed by atoms with E-state index in [0.29, 0.717) is 54.7 Å². The second-order valence-corrected chi connectivity index (χ2v) is 10.4. The van der Waals surface area contributed by atoms with Gasteiger partial charge >= 0.3 is 18.4 Å². The molecule has 1 saturated heterocycles. The minimum atomic E-state index is -5.91. The quantitative estimate of drug-likeness (QED) is 0.230. The van der Waals surface area contributed by atoms with E-state index in [1.165, 1.54) is 18.4 Å². The van der Waals surface area contributed by atoms with Gasteiger partial charge in [-0.2, -0.15) is 26.3 Å². The van der Waals surface area contributed by atoms with Gasteiger partial charge in [-0.1, -0.05) is 36.4 Å². The number of halogens is 6. The number of aliphatic hydroxyl groups excluding tert-OH is 1. The third-order valence-electron chi connectivity index (χ3n) is 7.37. The molecule has 1 aliphatic rings. The van der Waals surface area contributed by atoms with E-state index in [2.05, 4.69) is 15.5 Å². The number of furan rings is 1. The number of anilines is 1. The molecule has 1 aromatic heterocycles. The van der Waals surface area contributed by atoms with Crippen molar-refractivity contribution in [3.63, 3.8) is 0 Å². The highest BCUT2D eigenvalue weighted by Crippen LogP contribution is 2.50. The maximum absolute atomic E-state index is 13.1. The minimum Gasteiger partial charge on any atom is -0.467 e. The summed E-state index contributed by atoms with van der Waals surface area (Å²) in [5, 5.41) is 24.8. The van der Waals surface area contributed by atoms with Crippen molar-refractivity contribution in [3.8, 4) is 0 Å². The van der Waals surface area contributed by atoms with Crippen molar-refractivity contribution in [3.05, 3.63) is 89.4 Å². The molecule has 2 amide bonds. The maximum atomic E-state index is 13.1. The van der Waals surface area contributed by atoms with Crippen molar-refractivity contribution in [2.45, 2.75) is 49.9 Å². The SMILES string of the molecule is O=C(NCC(O)c1ccco1)Nc1ccc(CC2CCN(Cc3ccc(C(O)(C(F)(F)F)C(F)(F)F)cc3)CC2)cc1. The average molecular weight is 600 g/mol. The Labute approximate surface area is 238 Å². The first kappa shape index (κ1) is 31.4. The highest BCUT2D eigenvalue weighted by Gasteiger charge is 2.71. The smallest absolute Gasteiger partial charge is 0.430 e. The number of nitrogens with one attached hydrogen (secondary N) is 2. The summed E-state index contributed by atoms with van der Waals surface area (Å²) in [5.41, 5.74) is -3.97. The van der Waals surface area contributed by atoms with Crippen molar-refractivity contribution in [2.75, 3.05) is 25.0 Å². The van der Waals surface area contributed by atoms with Gasteiger partial charge in [0.15, 0.2) is 0 Å². The number of urea groups is 1. The third kappa shape index (κ3) is 7.44. The van der Waals surface area contributed by atoms with Crippen LogP contribution in [0.1, 0.15) is 41.4 Å². The number of piperidine rings is 1. The van der Waals surface area contributed by atoms with E-state index in [1.807, 2.05) is 12.1 Å². The average Bonchev–Trinajstić information content (AvgIpc) is 3.48. The molecule has 7 nitrogen and oxygen atoms in total. The lowest BCUT2D eigenvalue weighted by Crippen LogP contribution is -2.53. The normalized spacial score (nSPS) is 16.3. The number of carbonyl (C=O) groups excluding carboxylic acids is 1. The number of alkyl halides is 6. The van der Waals surface area contributed by atoms with Gasteiger partial charge in [0.2, 0.25) is 0 Å². The molecule has 1 fully saturated rings. The summed E-state index contributed by atoms with van der Waals surface area (Å²) in [6, 6.07) is 13.9. The highest BCUT2D eigenvalue weighted by atomic mass is 19.4. The fourth-order valence-corrected chi connectivity index (χ4v) is 4.95. The Bertz CT molecular complexity index is 1270. The first-order chi connectivity index (χ1) is 19.8. The molecule has 1 unspecified atom stereocenters. The van der Waals surface area contributed by atoms with Crippen LogP contribution in [0.3, 0.4) is 0 Å². The van der Waals surface area contributed by atoms with E-state index in [0.717, 1.165) is 24.8 Å². The van der Waals surface area contributed by atoms with Crippen molar-refractivity contribution in [1.29, 1.82) is 0 Å². The van der Waals surface area contributed by atoms with Crippen LogP contribution in [-0.2, 0) is 18.6 Å². The number of benzene rings is 2. The fourth-order valence-electron chi connectivity index (χ4n) is 4.95. The topological polar surface area (TPSA) is 98.0 Å². The lowest BCUT2D eigenvalue weighted by Gasteiger charge is -2.33. The van der Waals surface area contributed by atoms with Crippen LogP contribution < -0.4 is 10.6 Å². The Morgan fingerprint density at radius 2 is 1.52 bits per heavy atom. The number of hydrogen-bond donors (Lipinski definition) is 4. The summed E-state index contributed by atoms with van der Waals surface area (Å²) in [4.78, 5) is 14.2. The lowest BCUT2D eigenvalue weighted by atomic mass is 9.89. The summed E-state index contributed by atoms with van der Waals surface area (Å²) in [6.07, 6.45) is -8.80. The van der Waals surface area contributed by atoms with Gasteiger partial charge in [-0.3, -0.25) is 4.90 Å². The molecule has 4 rings (SSSR count). The largest absolute Gasteiger partial charge is 0.467 e. The maximum Gasteiger partial charge on any atom is 0.430 e. The number of aliphatic hydroxyl groups is 2. The second kappa shape index (κ2) is 12.8. The van der Waals surface area contributed by atoms with Crippen molar-refractivity contribution in [1.82, 2.24) is 10.2 Å². The molecule has 0 radical (unpaired) electrons. The number of nitrogens with zero attached hydrogens (tertiary/aromatic N) is 1. The number of rotatable bonds is 9. The molecular weight excluding hydrogens is 568 g/mol. The molecule has 13 heteroatoms. The van der Waals surface area contributed by atoms with Crippen LogP contribution in [0.5, 0.6) is 0 Å². The summed E-state index contributed by atoms with van der Waals surface area (Å²) in [7, 11) is 0. The van der Waals surface area contributed by atoms with E-state index in [-0.39, 0.29) is 6.54 Å². The van der Waals surface area contributed by atoms with E-state index < -0.39 is 35.7 Å². The zero-order valence-corrected chi connectivity index (χ0v) is 22.4. The van der Waals surface area contributed by atoms with E-state index >= 15 is 0 Å². The minimum absolute atomic E-state index is 0.0130. The summed E-state index contributed by atoms with van der Waals surface area (Å²) in [5.74, 6) is 0.745. The molecule has 1 atom stereocenters. The number of likely N-dealkylation sites (tertiary alicyclic amines) is 1. The molecule has 1 aliphatic heterocycles. The van der Waals surface area contributed by atoms with E-state index in [4.69, 9.17) is 4.42 Å². The molecular formula is C29H31F6N3O4. The molecule has 0 aliphatic carbocycles. The number of carbonyl (C=O) groups is 1. The van der Waals surface area contributed by atoms with Gasteiger partial charge in [-0.15, -0.1) is 0 Å². The zero-order chi connectivity index (χ0) is 30.5. The fraction of sp³-hybridized carbons (Fsp3) is 0.414. The Morgan fingerprint density at radius 3 is 2.07 bits per heavy atom. The highest BCUT2D eigenvalue weighted by molar-refractivity contribution is 5.89. The molecule has 228 valence electrons. The Morgan fingerprint density at radius 1 is 0.929 bits per heavy atom. The van der Waals surface area contributed by atoms with Gasteiger partial charge in [-0.05, 0) is 73.7 Å². The molecule has 4 N–H and O–H groups in total. The standard InChI is InChI=1S/C29H31F6N3O4/c30-28(31,32)27(41,29(33,34)35)22-7-3-21(4-8-22)18-38-13-11-20(12-14-38)16-19-5-9-23(10-6-19)37-26(40)36-17-24(39)25-2-1-15-42-25/h1-10,15,20,24,39,41H,11-14,16-18H2,(H2,36,37,40). The lowest BCUT2D eigenvalue weighted by molar-refractivity contribution is -0.376. The first-order valence-electron chi connectivity index (χ1n) is 13.3. The molecule has 0 bridgehead atoms. The Hall–Kier alpha value is -3.55. The van der Waals surface area contributed by atoms with Crippen LogP contribution in [-0.4, -0.2) is 53.1 Å². The summed E-state index contributed by atoms with van der Waals surface area (Å²) in [6.45, 7) is 1.78. The summed E-state index contributed by atoms with van der Waals surface area (Å²) >= 11 is 0. The van der Waals surface area contributed by atoms with E-state index in [9.17, 15) is 41.4 Å². The van der Waals surface area contributed by atoms with Crippen molar-refractivity contribution in [2.24, 2.45) is 5.92 Å². The number of amides is 2. The van der Waals surface area contributed by atoms with Gasteiger partial charge < -0.3 is 25.3 Å². The molecule has 42 heavy (non-hydrogen) atoms. The van der Waals surface area contributed by atoms with Crippen LogP contribution >= 0.6 is 0 Å². The van der Waals surface area contributed by atoms with Crippen LogP contribution in [0, 0.1) is 5.92 Å². The second-order valence-electron chi connectivity index (χ2n) is 10.4. The summed E-state index contributed by atoms with van der Waals surface area (Å²) < 4.78 is 83.7. The monoisotopic (exact) mass is 599 g/mol. The van der Waals surface area contributed by atoms with Crippen LogP contribution in [0.2, 0.25) is 0 Å². The van der Waals surface area contributed by atoms with Crippen molar-refractivity contribution >= 4 is 11.7 Å². The van der Waals surface area contributed by atoms with Crippen LogP contribution in [0.4, 0.5) is 36.8 Å². The first-order valence-corrected chi connectivity index (χ1v) is 13.3. The zero-order valence-electron chi connectivity index (χ0n) is 22.4. The van der Waals surface area contributed by atoms with Gasteiger partial charge in [0, 0.05) is 17.8 Å². The Balaban J connectivity index is 1.21. The predicted molar refractivity (Wildman–Crippen MR) is 141 cm³/mol. The molecule has 0 spiro atoms. The molecule has 2 heterocycles. The molecule has 3 aromatic rings. The van der Waals surface area contributed by atoms with Gasteiger partial charge in [0.25, 0.3) is 5.60 Å². The third-order valence-corrected chi connectivity index (χ3v) is 7.37. The van der Waals surface area contributed by atoms with Crippen LogP contribution in [0.15, 0.2) is 71.3 Å². The van der Waals surface area contributed by atoms with E-state index in [1.54, 1.807) is 24.3 Å². The van der Waals surface area contributed by atoms with Gasteiger partial charge in [-0.25, -0.2) is 4.79 Å². The van der Waals surface area contributed by atoms with Crippen molar-refractivity contribution < 1.29 is 45.8 Å². The van der Waals surface area contributed by atoms with Crippen LogP contribution in [0.25, 0.3) is 0 Å². The predicted octanol–water partition coefficient (Wildman–Crippen LogP) is 5.90. The van der Waals surface area contributed by atoms with Gasteiger partial charge in [0.05, 0.1) is 12.8 Å². The van der Waals surface area contributed by atoms with Gasteiger partial charge in [0.1, 0.15) is 11.9 Å². The molecule has 2 aromatic carbocycles. The molecule has 0 saturated carbocycles. The number of hydrogen-bond acceptors (Lipinski definition) is 5. The Kier molecular flexibility index (Phi) is 9.53.